The Kier molecular flexibility index (Phi) is 4.10. The monoisotopic (exact) mass is 191 g/mol. The molecule has 1 aliphatic heterocycles. The first-order valence-corrected chi connectivity index (χ1v) is 6.40. The zero-order chi connectivity index (χ0) is 8.27. The standard InChI is InChI=1S/C8H17NS2/c1-6(2)8-7(5-10-3)4-9-11-8/h6-9H,4-5H2,1-3H3. The van der Waals surface area contributed by atoms with Crippen LogP contribution < -0.4 is 4.72 Å². The van der Waals surface area contributed by atoms with E-state index in [9.17, 15) is 0 Å². The smallest absolute Gasteiger partial charge is 0.0264 e. The molecule has 1 N–H and O–H groups in total. The van der Waals surface area contributed by atoms with Gasteiger partial charge in [-0.1, -0.05) is 25.8 Å². The summed E-state index contributed by atoms with van der Waals surface area (Å²) in [7, 11) is 0. The third-order valence-electron chi connectivity index (χ3n) is 2.07. The van der Waals surface area contributed by atoms with Crippen molar-refractivity contribution >= 4 is 23.7 Å². The topological polar surface area (TPSA) is 12.0 Å². The molecule has 1 fully saturated rings. The van der Waals surface area contributed by atoms with E-state index < -0.39 is 0 Å². The molecule has 0 amide bonds. The average molecular weight is 191 g/mol. The Morgan fingerprint density at radius 2 is 2.36 bits per heavy atom. The van der Waals surface area contributed by atoms with Gasteiger partial charge in [-0.15, -0.1) is 0 Å². The Morgan fingerprint density at radius 1 is 1.64 bits per heavy atom. The van der Waals surface area contributed by atoms with Crippen LogP contribution in [0, 0.1) is 11.8 Å². The van der Waals surface area contributed by atoms with Gasteiger partial charge >= 0.3 is 0 Å². The predicted molar refractivity (Wildman–Crippen MR) is 56.1 cm³/mol. The van der Waals surface area contributed by atoms with Gasteiger partial charge in [0.1, 0.15) is 0 Å². The number of hydrogen-bond donors (Lipinski definition) is 1. The van der Waals surface area contributed by atoms with Crippen LogP contribution in [0.25, 0.3) is 0 Å². The zero-order valence-electron chi connectivity index (χ0n) is 7.46. The molecule has 0 aromatic carbocycles. The van der Waals surface area contributed by atoms with Crippen molar-refractivity contribution in [2.45, 2.75) is 19.1 Å². The Morgan fingerprint density at radius 3 is 2.91 bits per heavy atom. The summed E-state index contributed by atoms with van der Waals surface area (Å²) < 4.78 is 3.39. The van der Waals surface area contributed by atoms with Crippen molar-refractivity contribution in [2.75, 3.05) is 18.6 Å². The largest absolute Gasteiger partial charge is 0.264 e. The van der Waals surface area contributed by atoms with Gasteiger partial charge in [-0.3, -0.25) is 4.72 Å². The quantitative estimate of drug-likeness (QED) is 0.687. The van der Waals surface area contributed by atoms with Crippen LogP contribution in [-0.2, 0) is 0 Å². The van der Waals surface area contributed by atoms with Crippen molar-refractivity contribution in [3.8, 4) is 0 Å². The fraction of sp³-hybridized carbons (Fsp3) is 1.00. The molecule has 0 radical (unpaired) electrons. The first-order chi connectivity index (χ1) is 5.25. The second-order valence-corrected chi connectivity index (χ2v) is 5.37. The van der Waals surface area contributed by atoms with E-state index in [2.05, 4.69) is 24.8 Å². The van der Waals surface area contributed by atoms with E-state index in [1.165, 1.54) is 12.3 Å². The number of nitrogens with one attached hydrogen (secondary N) is 1. The predicted octanol–water partition coefficient (Wildman–Crippen LogP) is 2.24. The first kappa shape index (κ1) is 9.75. The molecule has 0 aromatic rings. The van der Waals surface area contributed by atoms with E-state index in [1.54, 1.807) is 0 Å². The molecule has 0 spiro atoms. The summed E-state index contributed by atoms with van der Waals surface area (Å²) in [5, 5.41) is 0.836. The summed E-state index contributed by atoms with van der Waals surface area (Å²) in [5.41, 5.74) is 0. The molecule has 1 aliphatic rings. The molecule has 2 atom stereocenters. The van der Waals surface area contributed by atoms with Crippen LogP contribution in [-0.4, -0.2) is 23.8 Å². The maximum Gasteiger partial charge on any atom is 0.0264 e. The number of thioether (sulfide) groups is 1. The summed E-state index contributed by atoms with van der Waals surface area (Å²) in [4.78, 5) is 0. The highest BCUT2D eigenvalue weighted by molar-refractivity contribution is 7.99. The summed E-state index contributed by atoms with van der Waals surface area (Å²) in [5.74, 6) is 3.00. The van der Waals surface area contributed by atoms with Gasteiger partial charge in [0.05, 0.1) is 0 Å². The molecule has 0 bridgehead atoms. The fourth-order valence-electron chi connectivity index (χ4n) is 1.51. The highest BCUT2D eigenvalue weighted by Crippen LogP contribution is 2.31. The molecule has 3 heteroatoms. The Bertz CT molecular complexity index is 117. The van der Waals surface area contributed by atoms with Gasteiger partial charge < -0.3 is 0 Å². The lowest BCUT2D eigenvalue weighted by Crippen LogP contribution is -2.22. The lowest BCUT2D eigenvalue weighted by molar-refractivity contribution is 0.487. The van der Waals surface area contributed by atoms with Crippen LogP contribution in [0.2, 0.25) is 0 Å². The maximum absolute atomic E-state index is 3.39. The highest BCUT2D eigenvalue weighted by Gasteiger charge is 2.29. The SMILES string of the molecule is CSCC1CNSC1C(C)C. The second kappa shape index (κ2) is 4.63. The van der Waals surface area contributed by atoms with E-state index in [1.807, 2.05) is 23.7 Å². The van der Waals surface area contributed by atoms with Crippen molar-refractivity contribution in [1.82, 2.24) is 4.72 Å². The van der Waals surface area contributed by atoms with Gasteiger partial charge in [-0.05, 0) is 23.8 Å². The third kappa shape index (κ3) is 2.56. The van der Waals surface area contributed by atoms with Gasteiger partial charge in [0.15, 0.2) is 0 Å². The van der Waals surface area contributed by atoms with E-state index in [-0.39, 0.29) is 0 Å². The molecule has 2 unspecified atom stereocenters. The normalized spacial score (nSPS) is 31.6. The zero-order valence-corrected chi connectivity index (χ0v) is 9.10. The van der Waals surface area contributed by atoms with Crippen LogP contribution in [0.1, 0.15) is 13.8 Å². The van der Waals surface area contributed by atoms with E-state index >= 15 is 0 Å². The van der Waals surface area contributed by atoms with Crippen LogP contribution in [0.3, 0.4) is 0 Å². The summed E-state index contributed by atoms with van der Waals surface area (Å²) in [6.07, 6.45) is 2.19. The van der Waals surface area contributed by atoms with Gasteiger partial charge in [0.2, 0.25) is 0 Å². The van der Waals surface area contributed by atoms with Gasteiger partial charge in [0.25, 0.3) is 0 Å². The molecule has 0 aromatic heterocycles. The van der Waals surface area contributed by atoms with E-state index in [0.29, 0.717) is 0 Å². The molecule has 66 valence electrons. The van der Waals surface area contributed by atoms with Crippen LogP contribution in [0.15, 0.2) is 0 Å². The summed E-state index contributed by atoms with van der Waals surface area (Å²) >= 11 is 3.90. The Balaban J connectivity index is 2.37. The highest BCUT2D eigenvalue weighted by atomic mass is 32.2. The second-order valence-electron chi connectivity index (χ2n) is 3.39. The minimum atomic E-state index is 0.812. The van der Waals surface area contributed by atoms with Crippen LogP contribution in [0.5, 0.6) is 0 Å². The van der Waals surface area contributed by atoms with Crippen molar-refractivity contribution in [3.63, 3.8) is 0 Å². The fourth-order valence-corrected chi connectivity index (χ4v) is 3.55. The lowest BCUT2D eigenvalue weighted by Gasteiger charge is -2.19. The Hall–Kier alpha value is 0.660. The van der Waals surface area contributed by atoms with Crippen molar-refractivity contribution in [2.24, 2.45) is 11.8 Å². The van der Waals surface area contributed by atoms with Gasteiger partial charge in [-0.25, -0.2) is 0 Å². The van der Waals surface area contributed by atoms with Crippen molar-refractivity contribution in [1.29, 1.82) is 0 Å². The molecule has 1 nitrogen and oxygen atoms in total. The third-order valence-corrected chi connectivity index (χ3v) is 4.36. The summed E-state index contributed by atoms with van der Waals surface area (Å²) in [6, 6.07) is 0. The molecule has 1 heterocycles. The van der Waals surface area contributed by atoms with Gasteiger partial charge in [-0.2, -0.15) is 11.8 Å². The minimum absolute atomic E-state index is 0.812. The average Bonchev–Trinajstić information content (AvgIpc) is 2.36. The molecule has 11 heavy (non-hydrogen) atoms. The van der Waals surface area contributed by atoms with Crippen LogP contribution in [0.4, 0.5) is 0 Å². The molecular weight excluding hydrogens is 174 g/mol. The maximum atomic E-state index is 3.39. The molecular formula is C8H17NS2. The summed E-state index contributed by atoms with van der Waals surface area (Å²) in [6.45, 7) is 5.84. The molecule has 0 aliphatic carbocycles. The molecule has 1 rings (SSSR count). The minimum Gasteiger partial charge on any atom is -0.264 e. The first-order valence-electron chi connectivity index (χ1n) is 4.13. The van der Waals surface area contributed by atoms with Gasteiger partial charge in [0, 0.05) is 11.8 Å². The van der Waals surface area contributed by atoms with Crippen molar-refractivity contribution in [3.05, 3.63) is 0 Å². The molecule has 1 saturated heterocycles. The van der Waals surface area contributed by atoms with E-state index in [0.717, 1.165) is 17.1 Å². The Labute approximate surface area is 78.2 Å². The number of rotatable bonds is 3. The van der Waals surface area contributed by atoms with Crippen molar-refractivity contribution < 1.29 is 0 Å². The van der Waals surface area contributed by atoms with Crippen LogP contribution >= 0.6 is 23.7 Å². The number of hydrogen-bond acceptors (Lipinski definition) is 3. The molecule has 0 saturated carbocycles. The lowest BCUT2D eigenvalue weighted by atomic mass is 9.98. The van der Waals surface area contributed by atoms with E-state index in [4.69, 9.17) is 0 Å².